The molecular weight excluding hydrogens is 270 g/mol. The van der Waals surface area contributed by atoms with E-state index in [2.05, 4.69) is 0 Å². The molecule has 2 rings (SSSR count). The van der Waals surface area contributed by atoms with Crippen LogP contribution in [0.3, 0.4) is 0 Å². The molecule has 1 aromatic carbocycles. The van der Waals surface area contributed by atoms with E-state index >= 15 is 0 Å². The monoisotopic (exact) mass is 287 g/mol. The van der Waals surface area contributed by atoms with Gasteiger partial charge in [0.2, 0.25) is 10.0 Å². The molecule has 1 saturated heterocycles. The minimum atomic E-state index is -3.55. The average molecular weight is 287 g/mol. The second-order valence-electron chi connectivity index (χ2n) is 4.09. The van der Waals surface area contributed by atoms with Gasteiger partial charge in [-0.2, -0.15) is 4.31 Å². The summed E-state index contributed by atoms with van der Waals surface area (Å²) in [5.41, 5.74) is 0. The van der Waals surface area contributed by atoms with Crippen molar-refractivity contribution in [2.45, 2.75) is 11.3 Å². The molecule has 0 N–H and O–H groups in total. The van der Waals surface area contributed by atoms with Crippen LogP contribution in [0.4, 0.5) is 0 Å². The van der Waals surface area contributed by atoms with Crippen molar-refractivity contribution in [2.75, 3.05) is 34.1 Å². The molecule has 1 aromatic rings. The zero-order chi connectivity index (χ0) is 13.9. The van der Waals surface area contributed by atoms with Gasteiger partial charge in [-0.25, -0.2) is 8.42 Å². The van der Waals surface area contributed by atoms with Crippen molar-refractivity contribution in [2.24, 2.45) is 0 Å². The second-order valence-corrected chi connectivity index (χ2v) is 6.03. The Morgan fingerprint density at radius 2 is 1.95 bits per heavy atom. The second kappa shape index (κ2) is 5.77. The van der Waals surface area contributed by atoms with Gasteiger partial charge >= 0.3 is 0 Å². The van der Waals surface area contributed by atoms with E-state index in [1.54, 1.807) is 6.07 Å². The lowest BCUT2D eigenvalue weighted by molar-refractivity contribution is 0.0313. The normalized spacial score (nSPS) is 17.2. The molecule has 0 atom stereocenters. The molecule has 0 saturated carbocycles. The Morgan fingerprint density at radius 1 is 1.21 bits per heavy atom. The summed E-state index contributed by atoms with van der Waals surface area (Å²) in [6.45, 7) is 1.16. The summed E-state index contributed by atoms with van der Waals surface area (Å²) in [6.07, 6.45) is 0.701. The van der Waals surface area contributed by atoms with Gasteiger partial charge < -0.3 is 14.2 Å². The van der Waals surface area contributed by atoms with Gasteiger partial charge in [0.25, 0.3) is 0 Å². The minimum absolute atomic E-state index is 0.0939. The van der Waals surface area contributed by atoms with Gasteiger partial charge in [0.15, 0.2) is 11.5 Å². The summed E-state index contributed by atoms with van der Waals surface area (Å²) in [6, 6.07) is 4.55. The van der Waals surface area contributed by atoms with Crippen LogP contribution >= 0.6 is 0 Å². The molecule has 7 heteroatoms. The van der Waals surface area contributed by atoms with E-state index in [9.17, 15) is 8.42 Å². The highest BCUT2D eigenvalue weighted by atomic mass is 32.2. The van der Waals surface area contributed by atoms with Crippen molar-refractivity contribution < 1.29 is 22.6 Å². The summed E-state index contributed by atoms with van der Waals surface area (Å²) >= 11 is 0. The Morgan fingerprint density at radius 3 is 2.53 bits per heavy atom. The summed E-state index contributed by atoms with van der Waals surface area (Å²) < 4.78 is 41.5. The Labute approximate surface area is 112 Å². The van der Waals surface area contributed by atoms with Gasteiger partial charge in [0, 0.05) is 19.2 Å². The molecule has 1 aliphatic rings. The summed E-state index contributed by atoms with van der Waals surface area (Å²) in [5, 5.41) is 0. The van der Waals surface area contributed by atoms with Gasteiger partial charge in [-0.05, 0) is 18.6 Å². The first-order valence-electron chi connectivity index (χ1n) is 5.89. The van der Waals surface area contributed by atoms with Crippen LogP contribution in [-0.2, 0) is 14.8 Å². The van der Waals surface area contributed by atoms with Crippen LogP contribution in [0.5, 0.6) is 11.5 Å². The van der Waals surface area contributed by atoms with Crippen molar-refractivity contribution in [3.63, 3.8) is 0 Å². The molecule has 19 heavy (non-hydrogen) atoms. The van der Waals surface area contributed by atoms with Crippen LogP contribution in [0.1, 0.15) is 6.42 Å². The molecule has 0 unspecified atom stereocenters. The Kier molecular flexibility index (Phi) is 4.28. The molecule has 0 amide bonds. The molecule has 0 spiro atoms. The smallest absolute Gasteiger partial charge is 0.245 e. The molecule has 0 aromatic heterocycles. The Bertz CT molecular complexity index is 537. The Hall–Kier alpha value is -1.31. The van der Waals surface area contributed by atoms with E-state index in [-0.39, 0.29) is 11.6 Å². The van der Waals surface area contributed by atoms with Gasteiger partial charge in [0.1, 0.15) is 6.73 Å². The number of hydrogen-bond acceptors (Lipinski definition) is 5. The fourth-order valence-electron chi connectivity index (χ4n) is 1.89. The standard InChI is InChI=1S/C12H17NO5S/c1-16-11-5-4-10(8-12(11)17-2)19(14,15)13-6-3-7-18-9-13/h4-5,8H,3,6-7,9H2,1-2H3. The van der Waals surface area contributed by atoms with Crippen LogP contribution in [0, 0.1) is 0 Å². The maximum atomic E-state index is 12.4. The van der Waals surface area contributed by atoms with Crippen molar-refractivity contribution in [1.82, 2.24) is 4.31 Å². The maximum Gasteiger partial charge on any atom is 0.245 e. The Balaban J connectivity index is 2.34. The van der Waals surface area contributed by atoms with E-state index in [0.29, 0.717) is 31.1 Å². The molecule has 0 aliphatic carbocycles. The van der Waals surface area contributed by atoms with Crippen molar-refractivity contribution in [3.8, 4) is 11.5 Å². The first-order chi connectivity index (χ1) is 9.09. The highest BCUT2D eigenvalue weighted by Gasteiger charge is 2.27. The van der Waals surface area contributed by atoms with Crippen LogP contribution < -0.4 is 9.47 Å². The number of nitrogens with zero attached hydrogens (tertiary/aromatic N) is 1. The number of sulfonamides is 1. The highest BCUT2D eigenvalue weighted by Crippen LogP contribution is 2.30. The van der Waals surface area contributed by atoms with E-state index in [4.69, 9.17) is 14.2 Å². The number of benzene rings is 1. The van der Waals surface area contributed by atoms with Crippen LogP contribution in [0.15, 0.2) is 23.1 Å². The SMILES string of the molecule is COc1ccc(S(=O)(=O)N2CCCOC2)cc1OC. The van der Waals surface area contributed by atoms with Crippen LogP contribution in [-0.4, -0.2) is 46.8 Å². The minimum Gasteiger partial charge on any atom is -0.493 e. The predicted molar refractivity (Wildman–Crippen MR) is 68.9 cm³/mol. The lowest BCUT2D eigenvalue weighted by Crippen LogP contribution is -2.38. The highest BCUT2D eigenvalue weighted by molar-refractivity contribution is 7.89. The van der Waals surface area contributed by atoms with Crippen LogP contribution in [0.2, 0.25) is 0 Å². The van der Waals surface area contributed by atoms with E-state index < -0.39 is 10.0 Å². The predicted octanol–water partition coefficient (Wildman–Crippen LogP) is 1.07. The first-order valence-corrected chi connectivity index (χ1v) is 7.33. The molecule has 0 bridgehead atoms. The third-order valence-electron chi connectivity index (χ3n) is 2.92. The molecule has 0 radical (unpaired) electrons. The van der Waals surface area contributed by atoms with Crippen LogP contribution in [0.25, 0.3) is 0 Å². The third-order valence-corrected chi connectivity index (χ3v) is 4.74. The third kappa shape index (κ3) is 2.83. The largest absolute Gasteiger partial charge is 0.493 e. The quantitative estimate of drug-likeness (QED) is 0.829. The zero-order valence-corrected chi connectivity index (χ0v) is 11.8. The van der Waals surface area contributed by atoms with Gasteiger partial charge in [-0.1, -0.05) is 0 Å². The fraction of sp³-hybridized carbons (Fsp3) is 0.500. The molecule has 1 fully saturated rings. The molecule has 1 aliphatic heterocycles. The fourth-order valence-corrected chi connectivity index (χ4v) is 3.27. The van der Waals surface area contributed by atoms with Crippen molar-refractivity contribution in [3.05, 3.63) is 18.2 Å². The average Bonchev–Trinajstić information content (AvgIpc) is 2.47. The molecular formula is C12H17NO5S. The van der Waals surface area contributed by atoms with E-state index in [1.165, 1.54) is 30.7 Å². The number of ether oxygens (including phenoxy) is 3. The molecule has 106 valence electrons. The van der Waals surface area contributed by atoms with E-state index in [0.717, 1.165) is 0 Å². The molecule has 1 heterocycles. The first kappa shape index (κ1) is 14.1. The lowest BCUT2D eigenvalue weighted by Gasteiger charge is -2.26. The summed E-state index contributed by atoms with van der Waals surface area (Å²) in [5.74, 6) is 0.887. The van der Waals surface area contributed by atoms with Gasteiger partial charge in [0.05, 0.1) is 19.1 Å². The number of hydrogen-bond donors (Lipinski definition) is 0. The number of methoxy groups -OCH3 is 2. The lowest BCUT2D eigenvalue weighted by atomic mass is 10.3. The van der Waals surface area contributed by atoms with Gasteiger partial charge in [-0.15, -0.1) is 0 Å². The topological polar surface area (TPSA) is 65.1 Å². The molecule has 6 nitrogen and oxygen atoms in total. The summed E-state index contributed by atoms with van der Waals surface area (Å²) in [7, 11) is -0.572. The number of rotatable bonds is 4. The summed E-state index contributed by atoms with van der Waals surface area (Å²) in [4.78, 5) is 0.177. The van der Waals surface area contributed by atoms with E-state index in [1.807, 2.05) is 0 Å². The maximum absolute atomic E-state index is 12.4. The van der Waals surface area contributed by atoms with Crippen molar-refractivity contribution >= 4 is 10.0 Å². The van der Waals surface area contributed by atoms with Gasteiger partial charge in [-0.3, -0.25) is 0 Å². The van der Waals surface area contributed by atoms with Crippen molar-refractivity contribution in [1.29, 1.82) is 0 Å². The zero-order valence-electron chi connectivity index (χ0n) is 11.0.